The number of hydrogen-bond donors (Lipinski definition) is 2. The minimum atomic E-state index is -0.121. The van der Waals surface area contributed by atoms with E-state index < -0.39 is 0 Å². The maximum Gasteiger partial charge on any atom is 0.254 e. The summed E-state index contributed by atoms with van der Waals surface area (Å²) in [6.07, 6.45) is 4.26. The molecule has 1 unspecified atom stereocenters. The quantitative estimate of drug-likeness (QED) is 0.875. The normalized spacial score (nSPS) is 12.9. The molecule has 1 heterocycles. The highest BCUT2D eigenvalue weighted by molar-refractivity contribution is 5.93. The van der Waals surface area contributed by atoms with Crippen LogP contribution in [-0.2, 0) is 5.54 Å². The fourth-order valence-corrected chi connectivity index (χ4v) is 1.86. The minimum Gasteiger partial charge on any atom is -0.348 e. The van der Waals surface area contributed by atoms with E-state index in [1.807, 2.05) is 20.8 Å². The molecule has 0 spiro atoms. The highest BCUT2D eigenvalue weighted by Crippen LogP contribution is 2.13. The van der Waals surface area contributed by atoms with Gasteiger partial charge in [-0.3, -0.25) is 9.48 Å². The van der Waals surface area contributed by atoms with Crippen LogP contribution in [0.3, 0.4) is 0 Å². The van der Waals surface area contributed by atoms with Crippen LogP contribution in [0.5, 0.6) is 0 Å². The smallest absolute Gasteiger partial charge is 0.254 e. The van der Waals surface area contributed by atoms with Crippen molar-refractivity contribution < 1.29 is 4.79 Å². The largest absolute Gasteiger partial charge is 0.348 e. The van der Waals surface area contributed by atoms with Crippen molar-refractivity contribution >= 4 is 18.3 Å². The van der Waals surface area contributed by atoms with Gasteiger partial charge in [-0.05, 0) is 33.1 Å². The summed E-state index contributed by atoms with van der Waals surface area (Å²) in [6.45, 7) is 10.8. The maximum absolute atomic E-state index is 12.1. The lowest BCUT2D eigenvalue weighted by Crippen LogP contribution is -2.41. The molecule has 0 fully saturated rings. The number of hydrogen-bond acceptors (Lipinski definition) is 3. The fraction of sp³-hybridized carbons (Fsp3) is 0.714. The average molecular weight is 303 g/mol. The average Bonchev–Trinajstić information content (AvgIpc) is 2.76. The second-order valence-corrected chi connectivity index (χ2v) is 6.38. The van der Waals surface area contributed by atoms with Crippen LogP contribution in [0.2, 0.25) is 0 Å². The lowest BCUT2D eigenvalue weighted by Gasteiger charge is -2.19. The van der Waals surface area contributed by atoms with E-state index in [-0.39, 0.29) is 29.9 Å². The van der Waals surface area contributed by atoms with Crippen LogP contribution in [0.4, 0.5) is 0 Å². The zero-order chi connectivity index (χ0) is 14.6. The van der Waals surface area contributed by atoms with Gasteiger partial charge in [0.2, 0.25) is 0 Å². The lowest BCUT2D eigenvalue weighted by molar-refractivity contribution is 0.0933. The van der Waals surface area contributed by atoms with Gasteiger partial charge in [-0.2, -0.15) is 5.10 Å². The number of nitrogens with zero attached hydrogens (tertiary/aromatic N) is 2. The molecule has 1 aromatic heterocycles. The summed E-state index contributed by atoms with van der Waals surface area (Å²) in [7, 11) is 0. The van der Waals surface area contributed by atoms with Gasteiger partial charge in [0.25, 0.3) is 5.91 Å². The van der Waals surface area contributed by atoms with Crippen LogP contribution < -0.4 is 11.1 Å². The summed E-state index contributed by atoms with van der Waals surface area (Å²) < 4.78 is 1.79. The number of amides is 1. The van der Waals surface area contributed by atoms with Crippen LogP contribution in [0.25, 0.3) is 0 Å². The summed E-state index contributed by atoms with van der Waals surface area (Å²) in [5, 5.41) is 7.19. The highest BCUT2D eigenvalue weighted by Gasteiger charge is 2.18. The van der Waals surface area contributed by atoms with Gasteiger partial charge in [0, 0.05) is 18.8 Å². The Morgan fingerprint density at radius 1 is 1.45 bits per heavy atom. The summed E-state index contributed by atoms with van der Waals surface area (Å²) >= 11 is 0. The number of halogens is 1. The van der Waals surface area contributed by atoms with E-state index in [0.29, 0.717) is 18.0 Å². The van der Waals surface area contributed by atoms with Crippen molar-refractivity contribution in [2.75, 3.05) is 6.54 Å². The molecule has 0 bridgehead atoms. The molecular formula is C14H27ClN4O. The Hall–Kier alpha value is -1.07. The Morgan fingerprint density at radius 3 is 2.45 bits per heavy atom. The molecule has 5 nitrogen and oxygen atoms in total. The van der Waals surface area contributed by atoms with Gasteiger partial charge < -0.3 is 11.1 Å². The second-order valence-electron chi connectivity index (χ2n) is 6.38. The van der Waals surface area contributed by atoms with Gasteiger partial charge in [0.1, 0.15) is 0 Å². The molecule has 0 saturated heterocycles. The first-order valence-electron chi connectivity index (χ1n) is 6.80. The van der Waals surface area contributed by atoms with Crippen LogP contribution >= 0.6 is 12.4 Å². The lowest BCUT2D eigenvalue weighted by atomic mass is 10.0. The molecule has 0 aromatic carbocycles. The van der Waals surface area contributed by atoms with Crippen molar-refractivity contribution in [3.63, 3.8) is 0 Å². The first kappa shape index (κ1) is 18.9. The van der Waals surface area contributed by atoms with Gasteiger partial charge in [-0.15, -0.1) is 12.4 Å². The summed E-state index contributed by atoms with van der Waals surface area (Å²) in [4.78, 5) is 12.1. The molecule has 0 saturated carbocycles. The van der Waals surface area contributed by atoms with Gasteiger partial charge >= 0.3 is 0 Å². The molecule has 3 N–H and O–H groups in total. The van der Waals surface area contributed by atoms with Crippen LogP contribution in [-0.4, -0.2) is 28.3 Å². The number of nitrogens with one attached hydrogen (secondary N) is 1. The summed E-state index contributed by atoms with van der Waals surface area (Å²) in [6, 6.07) is 0.0190. The SMILES string of the molecule is CC(C)CC(CN)NC(=O)c1cnn(C(C)(C)C)c1.Cl. The predicted octanol–water partition coefficient (Wildman–Crippen LogP) is 2.16. The monoisotopic (exact) mass is 302 g/mol. The first-order chi connectivity index (χ1) is 8.74. The topological polar surface area (TPSA) is 72.9 Å². The van der Waals surface area contributed by atoms with Crippen molar-refractivity contribution in [3.8, 4) is 0 Å². The van der Waals surface area contributed by atoms with Gasteiger partial charge in [-0.1, -0.05) is 13.8 Å². The second kappa shape index (κ2) is 7.64. The number of nitrogens with two attached hydrogens (primary N) is 1. The minimum absolute atomic E-state index is 0. The Balaban J connectivity index is 0.00000361. The van der Waals surface area contributed by atoms with E-state index in [1.54, 1.807) is 17.1 Å². The Labute approximate surface area is 127 Å². The molecule has 1 rings (SSSR count). The van der Waals surface area contributed by atoms with E-state index >= 15 is 0 Å². The molecular weight excluding hydrogens is 276 g/mol. The molecule has 116 valence electrons. The molecule has 6 heteroatoms. The van der Waals surface area contributed by atoms with Gasteiger partial charge in [0.05, 0.1) is 17.3 Å². The van der Waals surface area contributed by atoms with E-state index in [9.17, 15) is 4.79 Å². The van der Waals surface area contributed by atoms with Crippen LogP contribution in [0.1, 0.15) is 51.4 Å². The van der Waals surface area contributed by atoms with Crippen molar-refractivity contribution in [3.05, 3.63) is 18.0 Å². The number of aromatic nitrogens is 2. The fourth-order valence-electron chi connectivity index (χ4n) is 1.86. The Kier molecular flexibility index (Phi) is 7.23. The molecule has 20 heavy (non-hydrogen) atoms. The molecule has 1 atom stereocenters. The van der Waals surface area contributed by atoms with Gasteiger partial charge in [0.15, 0.2) is 0 Å². The number of rotatable bonds is 5. The number of carbonyl (C=O) groups excluding carboxylic acids is 1. The van der Waals surface area contributed by atoms with E-state index in [1.165, 1.54) is 0 Å². The maximum atomic E-state index is 12.1. The summed E-state index contributed by atoms with van der Waals surface area (Å²) in [5.41, 5.74) is 6.15. The predicted molar refractivity (Wildman–Crippen MR) is 84.2 cm³/mol. The Bertz CT molecular complexity index is 423. The Morgan fingerprint density at radius 2 is 2.05 bits per heavy atom. The molecule has 0 aliphatic carbocycles. The van der Waals surface area contributed by atoms with Crippen molar-refractivity contribution in [2.24, 2.45) is 11.7 Å². The third-order valence-corrected chi connectivity index (χ3v) is 2.91. The van der Waals surface area contributed by atoms with Crippen molar-refractivity contribution in [1.29, 1.82) is 0 Å². The van der Waals surface area contributed by atoms with Crippen molar-refractivity contribution in [1.82, 2.24) is 15.1 Å². The molecule has 1 amide bonds. The highest BCUT2D eigenvalue weighted by atomic mass is 35.5. The molecule has 0 aliphatic heterocycles. The van der Waals surface area contributed by atoms with E-state index in [4.69, 9.17) is 5.73 Å². The third kappa shape index (κ3) is 5.51. The van der Waals surface area contributed by atoms with Crippen LogP contribution in [0, 0.1) is 5.92 Å². The molecule has 1 aromatic rings. The first-order valence-corrected chi connectivity index (χ1v) is 6.80. The van der Waals surface area contributed by atoms with Crippen molar-refractivity contribution in [2.45, 2.75) is 52.6 Å². The summed E-state index contributed by atoms with van der Waals surface area (Å²) in [5.74, 6) is 0.401. The third-order valence-electron chi connectivity index (χ3n) is 2.91. The molecule has 0 radical (unpaired) electrons. The standard InChI is InChI=1S/C14H26N4O.ClH/c1-10(2)6-12(7-15)17-13(19)11-8-16-18(9-11)14(3,4)5;/h8-10,12H,6-7,15H2,1-5H3,(H,17,19);1H. The van der Waals surface area contributed by atoms with Gasteiger partial charge in [-0.25, -0.2) is 0 Å². The zero-order valence-electron chi connectivity index (χ0n) is 13.0. The van der Waals surface area contributed by atoms with Crippen LogP contribution in [0.15, 0.2) is 12.4 Å². The number of carbonyl (C=O) groups is 1. The zero-order valence-corrected chi connectivity index (χ0v) is 13.8. The van der Waals surface area contributed by atoms with E-state index in [0.717, 1.165) is 6.42 Å². The van der Waals surface area contributed by atoms with E-state index in [2.05, 4.69) is 24.3 Å². The molecule has 0 aliphatic rings.